The van der Waals surface area contributed by atoms with Crippen molar-refractivity contribution in [2.45, 2.75) is 58.2 Å². The van der Waals surface area contributed by atoms with Crippen LogP contribution in [0.25, 0.3) is 0 Å². The highest BCUT2D eigenvalue weighted by atomic mass is 19.4. The molecule has 0 radical (unpaired) electrons. The number of rotatable bonds is 7. The van der Waals surface area contributed by atoms with E-state index in [-0.39, 0.29) is 29.2 Å². The van der Waals surface area contributed by atoms with Gasteiger partial charge in [0.25, 0.3) is 0 Å². The quantitative estimate of drug-likeness (QED) is 0.531. The molecule has 3 fully saturated rings. The number of halogens is 3. The Morgan fingerprint density at radius 2 is 2.06 bits per heavy atom. The Balaban J connectivity index is 1.46. The van der Waals surface area contributed by atoms with Crippen molar-refractivity contribution in [1.82, 2.24) is 15.2 Å². The number of hydrogen-bond donors (Lipinski definition) is 3. The Morgan fingerprint density at radius 3 is 2.67 bits per heavy atom. The van der Waals surface area contributed by atoms with Gasteiger partial charge in [-0.15, -0.1) is 13.2 Å². The Labute approximate surface area is 192 Å². The summed E-state index contributed by atoms with van der Waals surface area (Å²) in [5, 5.41) is 12.0. The molecule has 3 aliphatic rings. The lowest BCUT2D eigenvalue weighted by atomic mass is 10.0. The summed E-state index contributed by atoms with van der Waals surface area (Å²) in [5.41, 5.74) is 6.78. The van der Waals surface area contributed by atoms with Crippen molar-refractivity contribution in [2.24, 2.45) is 17.8 Å². The topological polar surface area (TPSA) is 96.5 Å². The van der Waals surface area contributed by atoms with Crippen molar-refractivity contribution in [2.75, 3.05) is 25.4 Å². The van der Waals surface area contributed by atoms with E-state index in [9.17, 15) is 13.2 Å². The molecule has 2 aliphatic carbocycles. The molecule has 4 N–H and O–H groups in total. The summed E-state index contributed by atoms with van der Waals surface area (Å²) >= 11 is 0. The molecule has 0 amide bonds. The average molecular weight is 468 g/mol. The minimum absolute atomic E-state index is 0.0706. The molecular formula is C23H32F3N5O2. The average Bonchev–Trinajstić information content (AvgIpc) is 3.20. The largest absolute Gasteiger partial charge is 0.573 e. The first-order valence-electron chi connectivity index (χ1n) is 11.5. The molecule has 0 bridgehead atoms. The van der Waals surface area contributed by atoms with Gasteiger partial charge in [0.15, 0.2) is 11.6 Å². The van der Waals surface area contributed by atoms with Crippen molar-refractivity contribution >= 4 is 11.5 Å². The third-order valence-electron chi connectivity index (χ3n) is 6.74. The summed E-state index contributed by atoms with van der Waals surface area (Å²) in [4.78, 5) is 6.33. The number of aromatic nitrogens is 1. The van der Waals surface area contributed by atoms with Crippen LogP contribution in [0.5, 0.6) is 5.75 Å². The summed E-state index contributed by atoms with van der Waals surface area (Å²) in [6.45, 7) is 8.91. The van der Waals surface area contributed by atoms with Gasteiger partial charge in [0.05, 0.1) is 18.4 Å². The first-order valence-corrected chi connectivity index (χ1v) is 11.5. The summed E-state index contributed by atoms with van der Waals surface area (Å²) in [5.74, 6) is 0.505. The van der Waals surface area contributed by atoms with Gasteiger partial charge in [-0.3, -0.25) is 4.90 Å². The van der Waals surface area contributed by atoms with Crippen molar-refractivity contribution < 1.29 is 22.6 Å². The van der Waals surface area contributed by atoms with Crippen LogP contribution in [0.15, 0.2) is 24.0 Å². The number of nitrogen functional groups attached to an aromatic ring is 1. The van der Waals surface area contributed by atoms with E-state index >= 15 is 0 Å². The molecule has 7 nitrogen and oxygen atoms in total. The number of alkyl halides is 3. The number of allylic oxidation sites excluding steroid dienone is 2. The minimum Gasteiger partial charge on any atom is -0.402 e. The van der Waals surface area contributed by atoms with Crippen molar-refractivity contribution in [1.29, 1.82) is 5.41 Å². The molecule has 2 saturated carbocycles. The van der Waals surface area contributed by atoms with Crippen LogP contribution in [-0.2, 0) is 4.74 Å². The highest BCUT2D eigenvalue weighted by Crippen LogP contribution is 2.61. The number of morpholine rings is 1. The van der Waals surface area contributed by atoms with E-state index < -0.39 is 12.1 Å². The predicted molar refractivity (Wildman–Crippen MR) is 119 cm³/mol. The first-order chi connectivity index (χ1) is 15.5. The van der Waals surface area contributed by atoms with Crippen LogP contribution < -0.4 is 15.8 Å². The standard InChI is InChI=1S/C23H32F3N5O2/c1-12(2)30-19(9-18(27)14-6-20(22(28)29-10-14)33-23(24,25)26)21-16-7-15(8-17(16)21)31-4-5-32-13(3)11-31/h6,9-10,12-13,15-17,21,27,30H,4-5,7-8,11H2,1-3H3,(H2,28,29)/b19-9-,27-18?/t13-,15?,16-,17+,21+/m0/s1. The molecule has 0 aromatic carbocycles. The SMILES string of the molecule is CC(C)N/C(=C\C(=N)c1cnc(N)c(OC(F)(F)F)c1)[C@H]1[C@@H]2CC(N3CCO[C@@H](C)C3)C[C@@H]21. The molecular weight excluding hydrogens is 435 g/mol. The maximum atomic E-state index is 12.6. The van der Waals surface area contributed by atoms with Gasteiger partial charge in [-0.25, -0.2) is 4.98 Å². The molecule has 4 rings (SSSR count). The Hall–Kier alpha value is -2.33. The molecule has 5 atom stereocenters. The maximum absolute atomic E-state index is 12.6. The second kappa shape index (κ2) is 9.13. The maximum Gasteiger partial charge on any atom is 0.573 e. The molecule has 2 heterocycles. The molecule has 1 aromatic rings. The fourth-order valence-electron chi connectivity index (χ4n) is 5.36. The Bertz CT molecular complexity index is 908. The third kappa shape index (κ3) is 5.60. The molecule has 1 aliphatic heterocycles. The molecule has 1 unspecified atom stereocenters. The van der Waals surface area contributed by atoms with E-state index in [1.807, 2.05) is 13.8 Å². The van der Waals surface area contributed by atoms with Crippen LogP contribution in [0.1, 0.15) is 39.2 Å². The van der Waals surface area contributed by atoms with Crippen molar-refractivity contribution in [3.63, 3.8) is 0 Å². The number of hydrogen-bond acceptors (Lipinski definition) is 7. The van der Waals surface area contributed by atoms with E-state index in [0.29, 0.717) is 23.8 Å². The Kier molecular flexibility index (Phi) is 6.59. The Morgan fingerprint density at radius 1 is 1.36 bits per heavy atom. The normalized spacial score (nSPS) is 30.3. The zero-order chi connectivity index (χ0) is 23.9. The van der Waals surface area contributed by atoms with Crippen LogP contribution in [0, 0.1) is 23.2 Å². The van der Waals surface area contributed by atoms with Crippen LogP contribution in [0.2, 0.25) is 0 Å². The number of nitrogens with one attached hydrogen (secondary N) is 2. The zero-order valence-electron chi connectivity index (χ0n) is 19.2. The predicted octanol–water partition coefficient (Wildman–Crippen LogP) is 3.56. The summed E-state index contributed by atoms with van der Waals surface area (Å²) in [6, 6.07) is 1.87. The fraction of sp³-hybridized carbons (Fsp3) is 0.652. The number of anilines is 1. The highest BCUT2D eigenvalue weighted by molar-refractivity contribution is 6.07. The molecule has 33 heavy (non-hydrogen) atoms. The van der Waals surface area contributed by atoms with Gasteiger partial charge >= 0.3 is 6.36 Å². The summed E-state index contributed by atoms with van der Waals surface area (Å²) in [7, 11) is 0. The van der Waals surface area contributed by atoms with E-state index in [1.54, 1.807) is 6.08 Å². The van der Waals surface area contributed by atoms with Gasteiger partial charge in [-0.2, -0.15) is 0 Å². The molecule has 10 heteroatoms. The fourth-order valence-corrected chi connectivity index (χ4v) is 5.36. The number of nitrogens with zero attached hydrogens (tertiary/aromatic N) is 2. The zero-order valence-corrected chi connectivity index (χ0v) is 19.2. The molecule has 1 saturated heterocycles. The van der Waals surface area contributed by atoms with Crippen LogP contribution in [-0.4, -0.2) is 59.8 Å². The van der Waals surface area contributed by atoms with Gasteiger partial charge in [0, 0.05) is 48.5 Å². The number of ether oxygens (including phenoxy) is 2. The highest BCUT2D eigenvalue weighted by Gasteiger charge is 2.58. The van der Waals surface area contributed by atoms with Crippen LogP contribution >= 0.6 is 0 Å². The van der Waals surface area contributed by atoms with Crippen molar-refractivity contribution in [3.8, 4) is 5.75 Å². The van der Waals surface area contributed by atoms with Gasteiger partial charge in [0.2, 0.25) is 0 Å². The van der Waals surface area contributed by atoms with E-state index in [1.165, 1.54) is 6.20 Å². The lowest BCUT2D eigenvalue weighted by Gasteiger charge is -2.36. The smallest absolute Gasteiger partial charge is 0.402 e. The lowest BCUT2D eigenvalue weighted by Crippen LogP contribution is -2.46. The third-order valence-corrected chi connectivity index (χ3v) is 6.74. The minimum atomic E-state index is -4.88. The number of pyridine rings is 1. The van der Waals surface area contributed by atoms with E-state index in [0.717, 1.165) is 44.3 Å². The van der Waals surface area contributed by atoms with Gasteiger partial charge < -0.3 is 25.9 Å². The van der Waals surface area contributed by atoms with Crippen molar-refractivity contribution in [3.05, 3.63) is 29.6 Å². The van der Waals surface area contributed by atoms with Gasteiger partial charge in [-0.1, -0.05) is 0 Å². The molecule has 1 aromatic heterocycles. The van der Waals surface area contributed by atoms with E-state index in [2.05, 4.69) is 26.9 Å². The van der Waals surface area contributed by atoms with Crippen LogP contribution in [0.3, 0.4) is 0 Å². The van der Waals surface area contributed by atoms with Gasteiger partial charge in [-0.05, 0) is 57.6 Å². The molecule has 182 valence electrons. The first kappa shape index (κ1) is 23.8. The van der Waals surface area contributed by atoms with Crippen LogP contribution in [0.4, 0.5) is 19.0 Å². The molecule has 0 spiro atoms. The van der Waals surface area contributed by atoms with Gasteiger partial charge in [0.1, 0.15) is 0 Å². The number of nitrogens with two attached hydrogens (primary N) is 1. The second-order valence-corrected chi connectivity index (χ2v) is 9.62. The monoisotopic (exact) mass is 467 g/mol. The lowest BCUT2D eigenvalue weighted by molar-refractivity contribution is -0.274. The summed E-state index contributed by atoms with van der Waals surface area (Å²) in [6.07, 6.45) is 0.660. The number of fused-ring (bicyclic) bond motifs is 1. The second-order valence-electron chi connectivity index (χ2n) is 9.62. The van der Waals surface area contributed by atoms with E-state index in [4.69, 9.17) is 15.9 Å². The summed E-state index contributed by atoms with van der Waals surface area (Å²) < 4.78 is 47.6.